The van der Waals surface area contributed by atoms with Crippen LogP contribution in [-0.2, 0) is 11.8 Å². The average Bonchev–Trinajstić information content (AvgIpc) is 3.29. The number of fused-ring (bicyclic) bond motifs is 1. The molecule has 1 aliphatic rings. The third-order valence-electron chi connectivity index (χ3n) is 6.55. The summed E-state index contributed by atoms with van der Waals surface area (Å²) >= 11 is 0. The number of nitrogens with zero attached hydrogens (tertiary/aromatic N) is 4. The minimum absolute atomic E-state index is 0.132. The maximum Gasteiger partial charge on any atom is 0.267 e. The van der Waals surface area contributed by atoms with Gasteiger partial charge in [0.1, 0.15) is 17.7 Å². The molecule has 2 N–H and O–H groups in total. The molecule has 0 bridgehead atoms. The van der Waals surface area contributed by atoms with Gasteiger partial charge in [-0.3, -0.25) is 14.5 Å². The molecule has 0 atom stereocenters. The molecule has 1 fully saturated rings. The van der Waals surface area contributed by atoms with Gasteiger partial charge in [0.25, 0.3) is 11.8 Å². The zero-order valence-electron chi connectivity index (χ0n) is 20.8. The Balaban J connectivity index is 1.27. The summed E-state index contributed by atoms with van der Waals surface area (Å²) in [7, 11) is 1.84. The summed E-state index contributed by atoms with van der Waals surface area (Å²) in [5, 5.41) is 6.74. The van der Waals surface area contributed by atoms with Crippen molar-refractivity contribution in [3.05, 3.63) is 78.2 Å². The van der Waals surface area contributed by atoms with E-state index in [1.807, 2.05) is 55.6 Å². The van der Waals surface area contributed by atoms with Gasteiger partial charge < -0.3 is 19.9 Å². The van der Waals surface area contributed by atoms with E-state index in [9.17, 15) is 9.59 Å². The van der Waals surface area contributed by atoms with E-state index in [1.54, 1.807) is 16.7 Å². The minimum Gasteiger partial charge on any atom is -0.379 e. The summed E-state index contributed by atoms with van der Waals surface area (Å²) < 4.78 is 7.18. The quantitative estimate of drug-likeness (QED) is 0.362. The molecular formula is C28H30N6O3. The summed E-state index contributed by atoms with van der Waals surface area (Å²) in [6.45, 7) is 4.98. The summed E-state index contributed by atoms with van der Waals surface area (Å²) in [4.78, 5) is 36.7. The van der Waals surface area contributed by atoms with Crippen LogP contribution >= 0.6 is 0 Å². The monoisotopic (exact) mass is 498 g/mol. The minimum atomic E-state index is -0.165. The van der Waals surface area contributed by atoms with Crippen LogP contribution in [0.25, 0.3) is 22.3 Å². The average molecular weight is 499 g/mol. The van der Waals surface area contributed by atoms with Crippen molar-refractivity contribution in [3.8, 4) is 11.3 Å². The predicted molar refractivity (Wildman–Crippen MR) is 143 cm³/mol. The van der Waals surface area contributed by atoms with Crippen LogP contribution in [0.15, 0.2) is 67.0 Å². The Bertz CT molecular complexity index is 1380. The van der Waals surface area contributed by atoms with E-state index in [1.165, 1.54) is 6.33 Å². The third kappa shape index (κ3) is 5.68. The van der Waals surface area contributed by atoms with Crippen molar-refractivity contribution in [3.63, 3.8) is 0 Å². The van der Waals surface area contributed by atoms with E-state index in [-0.39, 0.29) is 11.8 Å². The molecule has 2 amide bonds. The number of nitrogens with one attached hydrogen (secondary N) is 2. The van der Waals surface area contributed by atoms with Gasteiger partial charge in [0, 0.05) is 48.9 Å². The first kappa shape index (κ1) is 24.6. The first-order valence-electron chi connectivity index (χ1n) is 12.5. The molecular weight excluding hydrogens is 468 g/mol. The Labute approximate surface area is 215 Å². The van der Waals surface area contributed by atoms with Crippen molar-refractivity contribution < 1.29 is 14.3 Å². The molecule has 1 saturated heterocycles. The molecule has 0 aliphatic carbocycles. The van der Waals surface area contributed by atoms with Gasteiger partial charge in [0.2, 0.25) is 0 Å². The zero-order chi connectivity index (χ0) is 25.6. The van der Waals surface area contributed by atoms with Crippen LogP contribution in [0.5, 0.6) is 0 Å². The smallest absolute Gasteiger partial charge is 0.267 e. The maximum absolute atomic E-state index is 12.9. The third-order valence-corrected chi connectivity index (χ3v) is 6.55. The molecule has 9 heteroatoms. The summed E-state index contributed by atoms with van der Waals surface area (Å²) in [5.41, 5.74) is 4.11. The predicted octanol–water partition coefficient (Wildman–Crippen LogP) is 3.34. The number of amides is 2. The first-order chi connectivity index (χ1) is 18.1. The Morgan fingerprint density at radius 3 is 2.49 bits per heavy atom. The van der Waals surface area contributed by atoms with Gasteiger partial charge in [0.15, 0.2) is 0 Å². The van der Waals surface area contributed by atoms with Crippen LogP contribution in [0.2, 0.25) is 0 Å². The lowest BCUT2D eigenvalue weighted by molar-refractivity contribution is 0.0374. The topological polar surface area (TPSA) is 101 Å². The number of rotatable bonds is 8. The number of ether oxygens (including phenoxy) is 1. The van der Waals surface area contributed by atoms with Crippen molar-refractivity contribution in [2.75, 3.05) is 44.7 Å². The molecule has 190 valence electrons. The fourth-order valence-corrected chi connectivity index (χ4v) is 4.51. The number of carbonyl (C=O) groups excluding carboxylic acids is 2. The van der Waals surface area contributed by atoms with Crippen LogP contribution in [0, 0.1) is 0 Å². The Morgan fingerprint density at radius 1 is 0.973 bits per heavy atom. The summed E-state index contributed by atoms with van der Waals surface area (Å²) in [5.74, 6) is -0.297. The van der Waals surface area contributed by atoms with E-state index in [0.29, 0.717) is 29.1 Å². The standard InChI is InChI=1S/C28H30N6O3/c1-33-24(28(36)29-12-5-13-34-14-16-37-17-15-34)18-23-25(30-19-31-26(23)33)20-8-10-22(11-9-20)32-27(35)21-6-3-2-4-7-21/h2-4,6-11,18-19H,5,12-17H2,1H3,(H,29,36)(H,32,35). The molecule has 0 unspecified atom stereocenters. The summed E-state index contributed by atoms with van der Waals surface area (Å²) in [6.07, 6.45) is 2.39. The number of morpholine rings is 1. The van der Waals surface area contributed by atoms with E-state index in [4.69, 9.17) is 4.74 Å². The highest BCUT2D eigenvalue weighted by atomic mass is 16.5. The molecule has 2 aromatic carbocycles. The van der Waals surface area contributed by atoms with E-state index in [2.05, 4.69) is 25.5 Å². The van der Waals surface area contributed by atoms with Crippen LogP contribution in [0.1, 0.15) is 27.3 Å². The fourth-order valence-electron chi connectivity index (χ4n) is 4.51. The van der Waals surface area contributed by atoms with Gasteiger partial charge in [-0.25, -0.2) is 9.97 Å². The van der Waals surface area contributed by atoms with Crippen LogP contribution in [-0.4, -0.2) is 70.6 Å². The number of benzene rings is 2. The van der Waals surface area contributed by atoms with Gasteiger partial charge in [-0.2, -0.15) is 0 Å². The highest BCUT2D eigenvalue weighted by Gasteiger charge is 2.18. The number of anilines is 1. The lowest BCUT2D eigenvalue weighted by Gasteiger charge is -2.26. The molecule has 3 heterocycles. The Morgan fingerprint density at radius 2 is 1.73 bits per heavy atom. The van der Waals surface area contributed by atoms with Crippen LogP contribution in [0.4, 0.5) is 5.69 Å². The highest BCUT2D eigenvalue weighted by Crippen LogP contribution is 2.28. The van der Waals surface area contributed by atoms with Crippen molar-refractivity contribution >= 4 is 28.5 Å². The highest BCUT2D eigenvalue weighted by molar-refractivity contribution is 6.04. The van der Waals surface area contributed by atoms with Gasteiger partial charge >= 0.3 is 0 Å². The number of hydrogen-bond acceptors (Lipinski definition) is 6. The molecule has 1 aliphatic heterocycles. The largest absolute Gasteiger partial charge is 0.379 e. The zero-order valence-corrected chi connectivity index (χ0v) is 20.8. The fraction of sp³-hybridized carbons (Fsp3) is 0.286. The SMILES string of the molecule is Cn1c(C(=O)NCCCN2CCOCC2)cc2c(-c3ccc(NC(=O)c4ccccc4)cc3)ncnc21. The maximum atomic E-state index is 12.9. The summed E-state index contributed by atoms with van der Waals surface area (Å²) in [6, 6.07) is 18.4. The van der Waals surface area contributed by atoms with E-state index in [0.717, 1.165) is 55.9 Å². The van der Waals surface area contributed by atoms with Gasteiger partial charge in [-0.05, 0) is 43.3 Å². The van der Waals surface area contributed by atoms with Crippen molar-refractivity contribution in [2.45, 2.75) is 6.42 Å². The second-order valence-corrected chi connectivity index (χ2v) is 9.01. The molecule has 9 nitrogen and oxygen atoms in total. The van der Waals surface area contributed by atoms with Crippen molar-refractivity contribution in [2.24, 2.45) is 7.05 Å². The number of aromatic nitrogens is 3. The molecule has 4 aromatic rings. The number of aryl methyl sites for hydroxylation is 1. The lowest BCUT2D eigenvalue weighted by atomic mass is 10.1. The van der Waals surface area contributed by atoms with E-state index >= 15 is 0 Å². The molecule has 0 radical (unpaired) electrons. The second-order valence-electron chi connectivity index (χ2n) is 9.01. The van der Waals surface area contributed by atoms with Gasteiger partial charge in [0.05, 0.1) is 18.9 Å². The lowest BCUT2D eigenvalue weighted by Crippen LogP contribution is -2.38. The van der Waals surface area contributed by atoms with Crippen molar-refractivity contribution in [1.82, 2.24) is 24.8 Å². The van der Waals surface area contributed by atoms with Gasteiger partial charge in [-0.15, -0.1) is 0 Å². The van der Waals surface area contributed by atoms with Crippen LogP contribution in [0.3, 0.4) is 0 Å². The second kappa shape index (κ2) is 11.3. The Hall–Kier alpha value is -4.08. The normalized spacial score (nSPS) is 14.0. The van der Waals surface area contributed by atoms with E-state index < -0.39 is 0 Å². The van der Waals surface area contributed by atoms with Gasteiger partial charge in [-0.1, -0.05) is 30.3 Å². The number of carbonyl (C=O) groups is 2. The van der Waals surface area contributed by atoms with Crippen LogP contribution < -0.4 is 10.6 Å². The first-order valence-corrected chi connectivity index (χ1v) is 12.5. The number of hydrogen-bond donors (Lipinski definition) is 2. The molecule has 0 saturated carbocycles. The molecule has 5 rings (SSSR count). The molecule has 37 heavy (non-hydrogen) atoms. The molecule has 2 aromatic heterocycles. The molecule has 0 spiro atoms. The van der Waals surface area contributed by atoms with Crippen molar-refractivity contribution in [1.29, 1.82) is 0 Å². The Kier molecular flexibility index (Phi) is 7.53.